The lowest BCUT2D eigenvalue weighted by atomic mass is 10.2. The highest BCUT2D eigenvalue weighted by atomic mass is 32.2. The summed E-state index contributed by atoms with van der Waals surface area (Å²) in [7, 11) is 0. The van der Waals surface area contributed by atoms with Crippen LogP contribution in [0.1, 0.15) is 16.8 Å². The van der Waals surface area contributed by atoms with Crippen LogP contribution in [0.5, 0.6) is 0 Å². The number of anilines is 1. The molecule has 92 valence electrons. The van der Waals surface area contributed by atoms with Crippen LogP contribution in [0.3, 0.4) is 0 Å². The smallest absolute Gasteiger partial charge is 0.126 e. The highest BCUT2D eigenvalue weighted by Crippen LogP contribution is 2.28. The molecule has 0 amide bonds. The van der Waals surface area contributed by atoms with E-state index in [1.54, 1.807) is 11.8 Å². The van der Waals surface area contributed by atoms with Gasteiger partial charge in [-0.3, -0.25) is 4.57 Å². The highest BCUT2D eigenvalue weighted by Gasteiger charge is 2.16. The molecular formula is C14H15N3S. The molecule has 0 fully saturated rings. The van der Waals surface area contributed by atoms with Gasteiger partial charge in [0.15, 0.2) is 0 Å². The number of hydrogen-bond donors (Lipinski definition) is 1. The van der Waals surface area contributed by atoms with E-state index in [0.717, 1.165) is 16.9 Å². The Balaban J connectivity index is 2.68. The van der Waals surface area contributed by atoms with Crippen LogP contribution in [0.4, 0.5) is 5.82 Å². The zero-order valence-corrected chi connectivity index (χ0v) is 11.5. The van der Waals surface area contributed by atoms with Crippen molar-refractivity contribution >= 4 is 17.6 Å². The summed E-state index contributed by atoms with van der Waals surface area (Å²) in [6.45, 7) is 3.91. The third-order valence-electron chi connectivity index (χ3n) is 3.17. The second kappa shape index (κ2) is 4.79. The maximum Gasteiger partial charge on any atom is 0.126 e. The summed E-state index contributed by atoms with van der Waals surface area (Å²) in [6.07, 6.45) is 2.04. The van der Waals surface area contributed by atoms with Crippen molar-refractivity contribution in [1.29, 1.82) is 5.26 Å². The third kappa shape index (κ3) is 1.87. The Morgan fingerprint density at radius 2 is 2.06 bits per heavy atom. The van der Waals surface area contributed by atoms with Gasteiger partial charge < -0.3 is 5.73 Å². The predicted octanol–water partition coefficient (Wildman–Crippen LogP) is 3.27. The van der Waals surface area contributed by atoms with Gasteiger partial charge in [-0.2, -0.15) is 5.26 Å². The molecule has 1 heterocycles. The van der Waals surface area contributed by atoms with Crippen molar-refractivity contribution in [2.45, 2.75) is 18.7 Å². The van der Waals surface area contributed by atoms with Gasteiger partial charge in [0.2, 0.25) is 0 Å². The Bertz CT molecular complexity index is 635. The summed E-state index contributed by atoms with van der Waals surface area (Å²) in [5.41, 5.74) is 9.61. The molecule has 0 aliphatic heterocycles. The monoisotopic (exact) mass is 257 g/mol. The van der Waals surface area contributed by atoms with Crippen molar-refractivity contribution in [3.8, 4) is 11.8 Å². The first kappa shape index (κ1) is 12.6. The van der Waals surface area contributed by atoms with Crippen LogP contribution in [0.25, 0.3) is 5.69 Å². The fourth-order valence-electron chi connectivity index (χ4n) is 2.06. The first-order valence-electron chi connectivity index (χ1n) is 5.62. The zero-order chi connectivity index (χ0) is 13.3. The van der Waals surface area contributed by atoms with Gasteiger partial charge in [-0.15, -0.1) is 11.8 Å². The maximum atomic E-state index is 9.14. The van der Waals surface area contributed by atoms with Gasteiger partial charge in [-0.25, -0.2) is 0 Å². The average Bonchev–Trinajstić information content (AvgIpc) is 2.60. The molecular weight excluding hydrogens is 242 g/mol. The highest BCUT2D eigenvalue weighted by molar-refractivity contribution is 7.98. The van der Waals surface area contributed by atoms with E-state index >= 15 is 0 Å². The van der Waals surface area contributed by atoms with Crippen LogP contribution >= 0.6 is 11.8 Å². The minimum Gasteiger partial charge on any atom is -0.384 e. The van der Waals surface area contributed by atoms with E-state index in [1.807, 2.05) is 36.8 Å². The van der Waals surface area contributed by atoms with Crippen molar-refractivity contribution in [3.63, 3.8) is 0 Å². The van der Waals surface area contributed by atoms with Crippen LogP contribution < -0.4 is 5.73 Å². The van der Waals surface area contributed by atoms with Crippen LogP contribution in [0, 0.1) is 25.2 Å². The molecule has 0 aliphatic rings. The number of nitrogens with zero attached hydrogens (tertiary/aromatic N) is 2. The van der Waals surface area contributed by atoms with Gasteiger partial charge in [-0.05, 0) is 43.9 Å². The van der Waals surface area contributed by atoms with Crippen LogP contribution in [-0.4, -0.2) is 10.8 Å². The van der Waals surface area contributed by atoms with Crippen LogP contribution in [0.2, 0.25) is 0 Å². The number of nitrogens with two attached hydrogens (primary N) is 1. The van der Waals surface area contributed by atoms with Gasteiger partial charge in [0.05, 0.1) is 5.56 Å². The SMILES string of the molecule is CSc1cccc(-n2c(C)c(C)c(C#N)c2N)c1. The Morgan fingerprint density at radius 1 is 1.33 bits per heavy atom. The molecule has 0 saturated carbocycles. The minimum absolute atomic E-state index is 0.519. The first-order chi connectivity index (χ1) is 8.60. The number of aromatic nitrogens is 1. The molecule has 0 aliphatic carbocycles. The van der Waals surface area contributed by atoms with Crippen molar-refractivity contribution in [1.82, 2.24) is 4.57 Å². The Hall–Kier alpha value is -1.86. The summed E-state index contributed by atoms with van der Waals surface area (Å²) in [6, 6.07) is 10.3. The number of nitriles is 1. The van der Waals surface area contributed by atoms with Gasteiger partial charge in [-0.1, -0.05) is 6.07 Å². The fraction of sp³-hybridized carbons (Fsp3) is 0.214. The van der Waals surface area contributed by atoms with Crippen molar-refractivity contribution in [3.05, 3.63) is 41.1 Å². The number of hydrogen-bond acceptors (Lipinski definition) is 3. The number of rotatable bonds is 2. The van der Waals surface area contributed by atoms with E-state index in [0.29, 0.717) is 11.4 Å². The van der Waals surface area contributed by atoms with E-state index in [9.17, 15) is 0 Å². The molecule has 3 nitrogen and oxygen atoms in total. The summed E-state index contributed by atoms with van der Waals surface area (Å²) >= 11 is 1.69. The Morgan fingerprint density at radius 3 is 2.61 bits per heavy atom. The molecule has 0 atom stereocenters. The van der Waals surface area contributed by atoms with Gasteiger partial charge in [0, 0.05) is 16.3 Å². The van der Waals surface area contributed by atoms with Crippen molar-refractivity contribution < 1.29 is 0 Å². The van der Waals surface area contributed by atoms with E-state index in [2.05, 4.69) is 18.2 Å². The molecule has 2 rings (SSSR count). The molecule has 0 saturated heterocycles. The van der Waals surface area contributed by atoms with E-state index < -0.39 is 0 Å². The molecule has 0 radical (unpaired) electrons. The fourth-order valence-corrected chi connectivity index (χ4v) is 2.51. The van der Waals surface area contributed by atoms with Gasteiger partial charge in [0.1, 0.15) is 11.9 Å². The molecule has 2 aromatic rings. The molecule has 2 N–H and O–H groups in total. The quantitative estimate of drug-likeness (QED) is 0.840. The van der Waals surface area contributed by atoms with Gasteiger partial charge >= 0.3 is 0 Å². The lowest BCUT2D eigenvalue weighted by Crippen LogP contribution is -2.02. The maximum absolute atomic E-state index is 9.14. The molecule has 0 bridgehead atoms. The standard InChI is InChI=1S/C14H15N3S/c1-9-10(2)17(14(16)13(9)8-15)11-5-4-6-12(7-11)18-3/h4-7H,16H2,1-3H3. The van der Waals surface area contributed by atoms with E-state index in [-0.39, 0.29) is 0 Å². The van der Waals surface area contributed by atoms with E-state index in [4.69, 9.17) is 11.0 Å². The Labute approximate surface area is 111 Å². The summed E-state index contributed by atoms with van der Waals surface area (Å²) in [5, 5.41) is 9.14. The zero-order valence-electron chi connectivity index (χ0n) is 10.7. The molecule has 0 unspecified atom stereocenters. The summed E-state index contributed by atoms with van der Waals surface area (Å²) in [4.78, 5) is 1.18. The molecule has 18 heavy (non-hydrogen) atoms. The molecule has 1 aromatic heterocycles. The third-order valence-corrected chi connectivity index (χ3v) is 3.90. The largest absolute Gasteiger partial charge is 0.384 e. The molecule has 1 aromatic carbocycles. The van der Waals surface area contributed by atoms with Crippen LogP contribution in [-0.2, 0) is 0 Å². The summed E-state index contributed by atoms with van der Waals surface area (Å²) < 4.78 is 1.94. The Kier molecular flexibility index (Phi) is 3.35. The van der Waals surface area contributed by atoms with Gasteiger partial charge in [0.25, 0.3) is 0 Å². The van der Waals surface area contributed by atoms with Crippen LogP contribution in [0.15, 0.2) is 29.2 Å². The lowest BCUT2D eigenvalue weighted by Gasteiger charge is -2.10. The first-order valence-corrected chi connectivity index (χ1v) is 6.84. The van der Waals surface area contributed by atoms with E-state index in [1.165, 1.54) is 4.90 Å². The minimum atomic E-state index is 0.519. The second-order valence-corrected chi connectivity index (χ2v) is 5.00. The van der Waals surface area contributed by atoms with Crippen molar-refractivity contribution in [2.24, 2.45) is 0 Å². The summed E-state index contributed by atoms with van der Waals surface area (Å²) in [5.74, 6) is 0.519. The average molecular weight is 257 g/mol. The van der Waals surface area contributed by atoms with Crippen molar-refractivity contribution in [2.75, 3.05) is 12.0 Å². The molecule has 0 spiro atoms. The normalized spacial score (nSPS) is 10.3. The topological polar surface area (TPSA) is 54.7 Å². The predicted molar refractivity (Wildman–Crippen MR) is 76.2 cm³/mol. The number of thioether (sulfide) groups is 1. The number of nitrogen functional groups attached to an aromatic ring is 1. The number of benzene rings is 1. The lowest BCUT2D eigenvalue weighted by molar-refractivity contribution is 1.01. The molecule has 4 heteroatoms. The second-order valence-electron chi connectivity index (χ2n) is 4.12.